The van der Waals surface area contributed by atoms with E-state index in [0.29, 0.717) is 17.1 Å². The molecular weight excluding hydrogens is 315 g/mol. The molecule has 0 aliphatic carbocycles. The number of thioether (sulfide) groups is 1. The summed E-state index contributed by atoms with van der Waals surface area (Å²) in [5.74, 6) is 0.503. The van der Waals surface area contributed by atoms with Crippen LogP contribution < -0.4 is 5.32 Å². The number of benzene rings is 1. The van der Waals surface area contributed by atoms with E-state index < -0.39 is 12.1 Å². The number of pyridine rings is 1. The molecule has 0 fully saturated rings. The lowest BCUT2D eigenvalue weighted by Gasteiger charge is -2.20. The molecule has 0 spiro atoms. The number of nitrogens with zero attached hydrogens (tertiary/aromatic N) is 1. The third-order valence-corrected chi connectivity index (χ3v) is 4.30. The SMILES string of the molecule is CC(NC(=O)CSCc1cccnc1)C(O)c1ccc(F)cc1. The quantitative estimate of drug-likeness (QED) is 0.817. The first-order chi connectivity index (χ1) is 11.1. The average Bonchev–Trinajstić information content (AvgIpc) is 2.56. The third-order valence-electron chi connectivity index (χ3n) is 3.30. The van der Waals surface area contributed by atoms with Crippen LogP contribution in [0.5, 0.6) is 0 Å². The number of hydrogen-bond donors (Lipinski definition) is 2. The highest BCUT2D eigenvalue weighted by Gasteiger charge is 2.18. The van der Waals surface area contributed by atoms with Crippen molar-refractivity contribution in [1.82, 2.24) is 10.3 Å². The maximum absolute atomic E-state index is 12.9. The van der Waals surface area contributed by atoms with Crippen LogP contribution in [0.2, 0.25) is 0 Å². The minimum Gasteiger partial charge on any atom is -0.386 e. The van der Waals surface area contributed by atoms with Crippen molar-refractivity contribution in [2.75, 3.05) is 5.75 Å². The fourth-order valence-corrected chi connectivity index (χ4v) is 2.85. The van der Waals surface area contributed by atoms with Crippen LogP contribution in [-0.4, -0.2) is 27.8 Å². The van der Waals surface area contributed by atoms with E-state index in [0.717, 1.165) is 5.56 Å². The Morgan fingerprint density at radius 3 is 2.74 bits per heavy atom. The maximum atomic E-state index is 12.9. The Morgan fingerprint density at radius 1 is 1.35 bits per heavy atom. The molecule has 0 aliphatic heterocycles. The smallest absolute Gasteiger partial charge is 0.230 e. The van der Waals surface area contributed by atoms with Crippen LogP contribution in [0.3, 0.4) is 0 Å². The normalized spacial score (nSPS) is 13.3. The monoisotopic (exact) mass is 334 g/mol. The van der Waals surface area contributed by atoms with E-state index in [2.05, 4.69) is 10.3 Å². The van der Waals surface area contributed by atoms with Gasteiger partial charge in [-0.25, -0.2) is 4.39 Å². The molecule has 1 heterocycles. The van der Waals surface area contributed by atoms with Crippen molar-refractivity contribution in [2.45, 2.75) is 24.8 Å². The van der Waals surface area contributed by atoms with Crippen LogP contribution in [0, 0.1) is 5.82 Å². The van der Waals surface area contributed by atoms with Gasteiger partial charge in [-0.15, -0.1) is 11.8 Å². The topological polar surface area (TPSA) is 62.2 Å². The Labute approximate surface area is 139 Å². The maximum Gasteiger partial charge on any atom is 0.230 e. The standard InChI is InChI=1S/C17H19FN2O2S/c1-12(17(22)14-4-6-15(18)7-5-14)20-16(21)11-23-10-13-3-2-8-19-9-13/h2-9,12,17,22H,10-11H2,1H3,(H,20,21). The van der Waals surface area contributed by atoms with Crippen LogP contribution in [0.25, 0.3) is 0 Å². The molecule has 0 radical (unpaired) electrons. The molecule has 0 bridgehead atoms. The zero-order valence-corrected chi connectivity index (χ0v) is 13.6. The van der Waals surface area contributed by atoms with Gasteiger partial charge in [-0.1, -0.05) is 18.2 Å². The van der Waals surface area contributed by atoms with Gasteiger partial charge in [-0.3, -0.25) is 9.78 Å². The van der Waals surface area contributed by atoms with Crippen LogP contribution in [0.1, 0.15) is 24.2 Å². The summed E-state index contributed by atoms with van der Waals surface area (Å²) in [7, 11) is 0. The fraction of sp³-hybridized carbons (Fsp3) is 0.294. The Balaban J connectivity index is 1.76. The molecule has 0 aliphatic rings. The molecule has 2 atom stereocenters. The van der Waals surface area contributed by atoms with Gasteiger partial charge in [-0.05, 0) is 36.2 Å². The second-order valence-electron chi connectivity index (χ2n) is 5.21. The summed E-state index contributed by atoms with van der Waals surface area (Å²) < 4.78 is 12.9. The molecule has 2 unspecified atom stereocenters. The summed E-state index contributed by atoms with van der Waals surface area (Å²) in [6.07, 6.45) is 2.61. The van der Waals surface area contributed by atoms with E-state index in [4.69, 9.17) is 0 Å². The molecule has 6 heteroatoms. The van der Waals surface area contributed by atoms with E-state index >= 15 is 0 Å². The summed E-state index contributed by atoms with van der Waals surface area (Å²) in [5.41, 5.74) is 1.63. The van der Waals surface area contributed by atoms with Crippen molar-refractivity contribution >= 4 is 17.7 Å². The molecule has 2 N–H and O–H groups in total. The molecule has 1 aromatic carbocycles. The molecule has 1 amide bonds. The zero-order chi connectivity index (χ0) is 16.7. The molecule has 0 saturated heterocycles. The Bertz CT molecular complexity index is 622. The molecule has 4 nitrogen and oxygen atoms in total. The minimum atomic E-state index is -0.872. The lowest BCUT2D eigenvalue weighted by molar-refractivity contribution is -0.119. The Hall–Kier alpha value is -1.92. The van der Waals surface area contributed by atoms with Crippen molar-refractivity contribution in [1.29, 1.82) is 0 Å². The van der Waals surface area contributed by atoms with E-state index in [-0.39, 0.29) is 11.7 Å². The van der Waals surface area contributed by atoms with Crippen LogP contribution in [0.15, 0.2) is 48.8 Å². The Kier molecular flexibility index (Phi) is 6.55. The van der Waals surface area contributed by atoms with Gasteiger partial charge in [0.15, 0.2) is 0 Å². The van der Waals surface area contributed by atoms with Gasteiger partial charge in [0.25, 0.3) is 0 Å². The summed E-state index contributed by atoms with van der Waals surface area (Å²) in [6.45, 7) is 1.72. The zero-order valence-electron chi connectivity index (χ0n) is 12.8. The second-order valence-corrected chi connectivity index (χ2v) is 6.19. The highest BCUT2D eigenvalue weighted by Crippen LogP contribution is 2.17. The van der Waals surface area contributed by atoms with E-state index in [1.54, 1.807) is 19.3 Å². The Morgan fingerprint density at radius 2 is 2.09 bits per heavy atom. The largest absolute Gasteiger partial charge is 0.386 e. The number of nitrogens with one attached hydrogen (secondary N) is 1. The molecule has 2 aromatic rings. The van der Waals surface area contributed by atoms with Crippen molar-refractivity contribution in [3.05, 3.63) is 65.7 Å². The third kappa shape index (κ3) is 5.65. The van der Waals surface area contributed by atoms with Crippen LogP contribution >= 0.6 is 11.8 Å². The van der Waals surface area contributed by atoms with Gasteiger partial charge in [0.1, 0.15) is 5.82 Å². The highest BCUT2D eigenvalue weighted by molar-refractivity contribution is 7.99. The minimum absolute atomic E-state index is 0.146. The molecule has 23 heavy (non-hydrogen) atoms. The lowest BCUT2D eigenvalue weighted by Crippen LogP contribution is -2.38. The summed E-state index contributed by atoms with van der Waals surface area (Å²) >= 11 is 1.48. The first kappa shape index (κ1) is 17.4. The average molecular weight is 334 g/mol. The predicted molar refractivity (Wildman–Crippen MR) is 89.4 cm³/mol. The van der Waals surface area contributed by atoms with Gasteiger partial charge >= 0.3 is 0 Å². The first-order valence-corrected chi connectivity index (χ1v) is 8.41. The van der Waals surface area contributed by atoms with Crippen molar-refractivity contribution < 1.29 is 14.3 Å². The molecular formula is C17H19FN2O2S. The van der Waals surface area contributed by atoms with Crippen molar-refractivity contribution in [3.63, 3.8) is 0 Å². The van der Waals surface area contributed by atoms with Gasteiger partial charge in [0.2, 0.25) is 5.91 Å². The van der Waals surface area contributed by atoms with Crippen LogP contribution in [-0.2, 0) is 10.5 Å². The second kappa shape index (κ2) is 8.64. The summed E-state index contributed by atoms with van der Waals surface area (Å²) in [6, 6.07) is 8.97. The predicted octanol–water partition coefficient (Wildman–Crippen LogP) is 2.69. The van der Waals surface area contributed by atoms with E-state index in [1.165, 1.54) is 36.0 Å². The summed E-state index contributed by atoms with van der Waals surface area (Å²) in [4.78, 5) is 15.9. The van der Waals surface area contributed by atoms with E-state index in [9.17, 15) is 14.3 Å². The number of rotatable bonds is 7. The number of hydrogen-bond acceptors (Lipinski definition) is 4. The van der Waals surface area contributed by atoms with Gasteiger partial charge in [0, 0.05) is 18.1 Å². The number of aliphatic hydroxyl groups excluding tert-OH is 1. The van der Waals surface area contributed by atoms with Gasteiger partial charge in [-0.2, -0.15) is 0 Å². The number of aliphatic hydroxyl groups is 1. The van der Waals surface area contributed by atoms with E-state index in [1.807, 2.05) is 12.1 Å². The number of carbonyl (C=O) groups excluding carboxylic acids is 1. The molecule has 122 valence electrons. The highest BCUT2D eigenvalue weighted by atomic mass is 32.2. The van der Waals surface area contributed by atoms with Crippen molar-refractivity contribution in [3.8, 4) is 0 Å². The van der Waals surface area contributed by atoms with Crippen molar-refractivity contribution in [2.24, 2.45) is 0 Å². The van der Waals surface area contributed by atoms with Crippen LogP contribution in [0.4, 0.5) is 4.39 Å². The molecule has 1 aromatic heterocycles. The van der Waals surface area contributed by atoms with Gasteiger partial charge in [0.05, 0.1) is 17.9 Å². The molecule has 2 rings (SSSR count). The lowest BCUT2D eigenvalue weighted by atomic mass is 10.0. The number of aromatic nitrogens is 1. The summed E-state index contributed by atoms with van der Waals surface area (Å²) in [5, 5.41) is 12.9. The fourth-order valence-electron chi connectivity index (χ4n) is 2.07. The number of halogens is 1. The molecule has 0 saturated carbocycles. The first-order valence-electron chi connectivity index (χ1n) is 7.26. The van der Waals surface area contributed by atoms with Gasteiger partial charge < -0.3 is 10.4 Å². The number of carbonyl (C=O) groups is 1. The number of amides is 1.